The number of piperidine rings is 1. The van der Waals surface area contributed by atoms with E-state index in [4.69, 9.17) is 15.2 Å². The van der Waals surface area contributed by atoms with Crippen molar-refractivity contribution in [1.29, 1.82) is 0 Å². The number of likely N-dealkylation sites (tertiary alicyclic amines) is 1. The minimum Gasteiger partial charge on any atom is -0.445 e. The van der Waals surface area contributed by atoms with E-state index < -0.39 is 0 Å². The van der Waals surface area contributed by atoms with Crippen LogP contribution in [0.25, 0.3) is 0 Å². The number of nitrogens with zero attached hydrogens (tertiary/aromatic N) is 1. The van der Waals surface area contributed by atoms with Crippen molar-refractivity contribution in [3.63, 3.8) is 0 Å². The minimum absolute atomic E-state index is 0.0805. The van der Waals surface area contributed by atoms with E-state index in [0.29, 0.717) is 24.0 Å². The first-order valence-electron chi connectivity index (χ1n) is 16.3. The second kappa shape index (κ2) is 9.87. The molecule has 1 spiro atoms. The topological polar surface area (TPSA) is 64.8 Å². The lowest BCUT2D eigenvalue weighted by Gasteiger charge is -2.54. The zero-order valence-electron chi connectivity index (χ0n) is 25.1. The molecule has 40 heavy (non-hydrogen) atoms. The number of amides is 1. The van der Waals surface area contributed by atoms with Gasteiger partial charge in [0.15, 0.2) is 0 Å². The predicted molar refractivity (Wildman–Crippen MR) is 157 cm³/mol. The number of benzene rings is 1. The predicted octanol–water partition coefficient (Wildman–Crippen LogP) is 7.10. The monoisotopic (exact) mass is 546 g/mol. The Morgan fingerprint density at radius 2 is 1.90 bits per heavy atom. The Morgan fingerprint density at radius 3 is 2.70 bits per heavy atom. The highest BCUT2D eigenvalue weighted by molar-refractivity contribution is 5.68. The summed E-state index contributed by atoms with van der Waals surface area (Å²) in [7, 11) is 0. The average Bonchev–Trinajstić information content (AvgIpc) is 3.47. The Hall–Kier alpha value is -1.85. The van der Waals surface area contributed by atoms with E-state index in [1.54, 1.807) is 5.57 Å². The fraction of sp³-hybridized carbons (Fsp3) is 0.743. The quantitative estimate of drug-likeness (QED) is 0.402. The van der Waals surface area contributed by atoms with Gasteiger partial charge in [-0.3, -0.25) is 0 Å². The Bertz CT molecular complexity index is 1170. The van der Waals surface area contributed by atoms with E-state index >= 15 is 0 Å². The number of nitrogens with two attached hydrogens (primary N) is 1. The van der Waals surface area contributed by atoms with Gasteiger partial charge in [0, 0.05) is 18.5 Å². The molecule has 5 fully saturated rings. The van der Waals surface area contributed by atoms with Crippen molar-refractivity contribution in [2.45, 2.75) is 116 Å². The molecule has 0 bridgehead atoms. The molecule has 7 rings (SSSR count). The molecule has 2 heterocycles. The highest BCUT2D eigenvalue weighted by Crippen LogP contribution is 2.66. The summed E-state index contributed by atoms with van der Waals surface area (Å²) in [5, 5.41) is 0. The lowest BCUT2D eigenvalue weighted by atomic mass is 9.52. The summed E-state index contributed by atoms with van der Waals surface area (Å²) in [6, 6.07) is 10.5. The summed E-state index contributed by atoms with van der Waals surface area (Å²) in [4.78, 5) is 15.6. The highest BCUT2D eigenvalue weighted by Gasteiger charge is 2.63. The van der Waals surface area contributed by atoms with Crippen LogP contribution in [0.3, 0.4) is 0 Å². The number of ether oxygens (including phenoxy) is 2. The van der Waals surface area contributed by atoms with Gasteiger partial charge in [-0.05, 0) is 111 Å². The Morgan fingerprint density at radius 1 is 1.10 bits per heavy atom. The average molecular weight is 547 g/mol. The Labute approximate surface area is 241 Å². The molecule has 2 unspecified atom stereocenters. The van der Waals surface area contributed by atoms with Crippen molar-refractivity contribution in [3.8, 4) is 0 Å². The molecule has 3 saturated carbocycles. The van der Waals surface area contributed by atoms with Crippen LogP contribution in [0.1, 0.15) is 91.0 Å². The van der Waals surface area contributed by atoms with Gasteiger partial charge < -0.3 is 20.1 Å². The smallest absolute Gasteiger partial charge is 0.410 e. The Balaban J connectivity index is 1.15. The highest BCUT2D eigenvalue weighted by atomic mass is 16.6. The van der Waals surface area contributed by atoms with Gasteiger partial charge in [-0.1, -0.05) is 56.7 Å². The number of fused-ring (bicyclic) bond motifs is 6. The zero-order chi connectivity index (χ0) is 27.8. The van der Waals surface area contributed by atoms with Crippen LogP contribution in [0.15, 0.2) is 41.5 Å². The van der Waals surface area contributed by atoms with Crippen LogP contribution in [0.2, 0.25) is 0 Å². The number of allylic oxidation sites excluding steroid dienone is 1. The molecule has 0 aromatic heterocycles. The van der Waals surface area contributed by atoms with Gasteiger partial charge in [0.25, 0.3) is 0 Å². The van der Waals surface area contributed by atoms with Gasteiger partial charge in [0.2, 0.25) is 0 Å². The van der Waals surface area contributed by atoms with Crippen molar-refractivity contribution < 1.29 is 14.3 Å². The van der Waals surface area contributed by atoms with Crippen LogP contribution in [-0.4, -0.2) is 41.3 Å². The first-order chi connectivity index (χ1) is 19.2. The second-order valence-electron chi connectivity index (χ2n) is 14.9. The molecule has 5 nitrogen and oxygen atoms in total. The van der Waals surface area contributed by atoms with Crippen molar-refractivity contribution in [3.05, 3.63) is 47.0 Å². The molecular weight excluding hydrogens is 496 g/mol. The number of carbonyl (C=O) groups is 1. The van der Waals surface area contributed by atoms with Gasteiger partial charge in [0.1, 0.15) is 6.61 Å². The van der Waals surface area contributed by atoms with E-state index in [9.17, 15) is 4.79 Å². The van der Waals surface area contributed by atoms with Gasteiger partial charge in [-0.25, -0.2) is 4.79 Å². The van der Waals surface area contributed by atoms with Crippen molar-refractivity contribution in [1.82, 2.24) is 4.90 Å². The van der Waals surface area contributed by atoms with Crippen LogP contribution >= 0.6 is 0 Å². The molecule has 6 aliphatic rings. The van der Waals surface area contributed by atoms with E-state index in [0.717, 1.165) is 48.6 Å². The maximum Gasteiger partial charge on any atom is 0.410 e. The molecular formula is C35H50N2O3. The summed E-state index contributed by atoms with van der Waals surface area (Å²) in [5.74, 6) is 3.83. The van der Waals surface area contributed by atoms with E-state index in [1.807, 2.05) is 35.2 Å². The molecule has 218 valence electrons. The summed E-state index contributed by atoms with van der Waals surface area (Å²) in [5.41, 5.74) is 10.9. The standard InChI is InChI=1S/C35H50N2O3/c1-21-16-31-32(37(19-21)33(38)39-20-24-8-6-5-7-9-24)23(3)35(40-31)15-13-27-28-11-10-25-17-26(36)12-14-34(25,4)30(28)18-29(27)22(35)2/h5-9,21,23,25-28,30-32H,10-20,36H2,1-4H3/t21-,23+,25+,26+,27-,28?,30-,31+,32-,34-,35?/m0/s1. The molecule has 0 radical (unpaired) electrons. The summed E-state index contributed by atoms with van der Waals surface area (Å²) in [6.45, 7) is 10.7. The third-order valence-corrected chi connectivity index (χ3v) is 13.1. The number of carbonyl (C=O) groups excluding carboxylic acids is 1. The fourth-order valence-corrected chi connectivity index (χ4v) is 11.0. The Kier molecular flexibility index (Phi) is 6.66. The van der Waals surface area contributed by atoms with Crippen molar-refractivity contribution >= 4 is 6.09 Å². The first kappa shape index (κ1) is 27.0. The third kappa shape index (κ3) is 4.04. The molecule has 2 N–H and O–H groups in total. The van der Waals surface area contributed by atoms with Gasteiger partial charge in [-0.2, -0.15) is 0 Å². The summed E-state index contributed by atoms with van der Waals surface area (Å²) in [6.07, 6.45) is 11.0. The van der Waals surface area contributed by atoms with Crippen LogP contribution < -0.4 is 5.73 Å². The molecule has 2 aliphatic heterocycles. The molecule has 1 amide bonds. The fourth-order valence-electron chi connectivity index (χ4n) is 11.0. The number of hydrogen-bond donors (Lipinski definition) is 1. The normalized spacial score (nSPS) is 46.0. The molecule has 2 saturated heterocycles. The van der Waals surface area contributed by atoms with Crippen LogP contribution in [-0.2, 0) is 16.1 Å². The van der Waals surface area contributed by atoms with Crippen molar-refractivity contribution in [2.75, 3.05) is 6.54 Å². The van der Waals surface area contributed by atoms with Gasteiger partial charge >= 0.3 is 6.09 Å². The maximum absolute atomic E-state index is 13.5. The lowest BCUT2D eigenvalue weighted by molar-refractivity contribution is -0.0665. The number of hydrogen-bond acceptors (Lipinski definition) is 4. The van der Waals surface area contributed by atoms with Gasteiger partial charge in [-0.15, -0.1) is 0 Å². The van der Waals surface area contributed by atoms with E-state index in [2.05, 4.69) is 27.7 Å². The molecule has 5 heteroatoms. The molecule has 4 aliphatic carbocycles. The second-order valence-corrected chi connectivity index (χ2v) is 14.9. The summed E-state index contributed by atoms with van der Waals surface area (Å²) < 4.78 is 13.1. The summed E-state index contributed by atoms with van der Waals surface area (Å²) >= 11 is 0. The van der Waals surface area contributed by atoms with Crippen LogP contribution in [0.4, 0.5) is 4.79 Å². The molecule has 1 aromatic rings. The number of rotatable bonds is 2. The third-order valence-electron chi connectivity index (χ3n) is 13.1. The zero-order valence-corrected chi connectivity index (χ0v) is 25.1. The largest absolute Gasteiger partial charge is 0.445 e. The van der Waals surface area contributed by atoms with Crippen molar-refractivity contribution in [2.24, 2.45) is 46.7 Å². The lowest BCUT2D eigenvalue weighted by Crippen LogP contribution is -2.54. The maximum atomic E-state index is 13.5. The molecule has 11 atom stereocenters. The van der Waals surface area contributed by atoms with Crippen LogP contribution in [0.5, 0.6) is 0 Å². The van der Waals surface area contributed by atoms with Crippen LogP contribution in [0, 0.1) is 40.9 Å². The van der Waals surface area contributed by atoms with Gasteiger partial charge in [0.05, 0.1) is 17.7 Å². The molecule has 1 aromatic carbocycles. The minimum atomic E-state index is -0.244. The first-order valence-corrected chi connectivity index (χ1v) is 16.3. The van der Waals surface area contributed by atoms with E-state index in [1.165, 1.54) is 50.5 Å². The SMILES string of the molecule is CC1=C2C[C@H]3C(CC[C@@H]4C[C@H](N)CC[C@@]43C)[C@@H]2CCC12O[C@@H]1C[C@H](C)CN(C(=O)OCc3ccccc3)[C@H]1[C@H]2C. The van der Waals surface area contributed by atoms with E-state index in [-0.39, 0.29) is 29.8 Å².